The zero-order valence-electron chi connectivity index (χ0n) is 13.4. The first-order chi connectivity index (χ1) is 12.3. The highest BCUT2D eigenvalue weighted by Gasteiger charge is 2.34. The third-order valence-corrected chi connectivity index (χ3v) is 4.18. The normalized spacial score (nSPS) is 13.4. The number of rotatable bonds is 2. The lowest BCUT2D eigenvalue weighted by molar-refractivity contribution is -0.141. The van der Waals surface area contributed by atoms with Crippen molar-refractivity contribution in [3.05, 3.63) is 41.0 Å². The van der Waals surface area contributed by atoms with E-state index in [1.165, 1.54) is 4.68 Å². The molecule has 2 N–H and O–H groups in total. The van der Waals surface area contributed by atoms with Gasteiger partial charge in [-0.25, -0.2) is 14.6 Å². The zero-order valence-corrected chi connectivity index (χ0v) is 13.4. The van der Waals surface area contributed by atoms with Crippen LogP contribution < -0.4 is 5.73 Å². The van der Waals surface area contributed by atoms with Crippen LogP contribution in [0, 0.1) is 0 Å². The standard InChI is InChI=1S/C15H12F3N7O/c1-24-12-8(11(23-24)13(19)26)3-2-7-6-20-14(21-10(7)12)25-5-4-9(22-25)15(16,17)18/h4-6H,2-3H2,1H3,(H2,19,26). The Labute approximate surface area is 144 Å². The highest BCUT2D eigenvalue weighted by Crippen LogP contribution is 2.34. The van der Waals surface area contributed by atoms with Crippen molar-refractivity contribution in [2.75, 3.05) is 0 Å². The minimum Gasteiger partial charge on any atom is -0.364 e. The zero-order chi connectivity index (χ0) is 18.6. The van der Waals surface area contributed by atoms with Gasteiger partial charge in [0.2, 0.25) is 0 Å². The molecule has 0 unspecified atom stereocenters. The SMILES string of the molecule is Cn1nc(C(N)=O)c2c1-c1nc(-n3ccc(C(F)(F)F)n3)ncc1CC2. The van der Waals surface area contributed by atoms with Gasteiger partial charge in [0.15, 0.2) is 11.4 Å². The molecule has 0 aromatic carbocycles. The number of nitrogens with two attached hydrogens (primary N) is 1. The molecule has 1 amide bonds. The van der Waals surface area contributed by atoms with Crippen molar-refractivity contribution >= 4 is 5.91 Å². The third kappa shape index (κ3) is 2.43. The first kappa shape index (κ1) is 16.2. The topological polar surface area (TPSA) is 105 Å². The van der Waals surface area contributed by atoms with Crippen molar-refractivity contribution < 1.29 is 18.0 Å². The van der Waals surface area contributed by atoms with E-state index in [0.717, 1.165) is 22.5 Å². The summed E-state index contributed by atoms with van der Waals surface area (Å²) >= 11 is 0. The van der Waals surface area contributed by atoms with Crippen LogP contribution in [0.1, 0.15) is 27.3 Å². The van der Waals surface area contributed by atoms with E-state index in [2.05, 4.69) is 20.2 Å². The molecule has 0 atom stereocenters. The fourth-order valence-electron chi connectivity index (χ4n) is 3.04. The summed E-state index contributed by atoms with van der Waals surface area (Å²) in [5.41, 5.74) is 7.10. The number of aryl methyl sites for hydroxylation is 2. The molecule has 3 aromatic heterocycles. The summed E-state index contributed by atoms with van der Waals surface area (Å²) in [4.78, 5) is 20.0. The quantitative estimate of drug-likeness (QED) is 0.738. The van der Waals surface area contributed by atoms with Gasteiger partial charge in [-0.2, -0.15) is 23.4 Å². The minimum absolute atomic E-state index is 0.00562. The maximum absolute atomic E-state index is 12.7. The molecule has 8 nitrogen and oxygen atoms in total. The summed E-state index contributed by atoms with van der Waals surface area (Å²) in [6.07, 6.45) is -0.734. The summed E-state index contributed by atoms with van der Waals surface area (Å²) in [7, 11) is 1.65. The molecule has 0 saturated carbocycles. The van der Waals surface area contributed by atoms with Crippen LogP contribution in [0.5, 0.6) is 0 Å². The summed E-state index contributed by atoms with van der Waals surface area (Å²) < 4.78 is 40.7. The second-order valence-electron chi connectivity index (χ2n) is 5.85. The molecule has 11 heteroatoms. The van der Waals surface area contributed by atoms with Gasteiger partial charge in [-0.1, -0.05) is 0 Å². The minimum atomic E-state index is -4.55. The van der Waals surface area contributed by atoms with Gasteiger partial charge in [0.05, 0.1) is 11.4 Å². The molecule has 3 aromatic rings. The van der Waals surface area contributed by atoms with Crippen LogP contribution in [0.3, 0.4) is 0 Å². The second-order valence-corrected chi connectivity index (χ2v) is 5.85. The molecule has 1 aliphatic rings. The van der Waals surface area contributed by atoms with Gasteiger partial charge >= 0.3 is 6.18 Å². The average molecular weight is 363 g/mol. The Morgan fingerprint density at radius 2 is 2.04 bits per heavy atom. The van der Waals surface area contributed by atoms with Crippen molar-refractivity contribution in [3.63, 3.8) is 0 Å². The van der Waals surface area contributed by atoms with Gasteiger partial charge in [0, 0.05) is 25.0 Å². The monoisotopic (exact) mass is 363 g/mol. The molecule has 26 heavy (non-hydrogen) atoms. The van der Waals surface area contributed by atoms with E-state index >= 15 is 0 Å². The smallest absolute Gasteiger partial charge is 0.364 e. The van der Waals surface area contributed by atoms with Crippen LogP contribution in [0.2, 0.25) is 0 Å². The number of carbonyl (C=O) groups excluding carboxylic acids is 1. The van der Waals surface area contributed by atoms with E-state index in [1.54, 1.807) is 13.2 Å². The van der Waals surface area contributed by atoms with E-state index < -0.39 is 17.8 Å². The number of hydrogen-bond acceptors (Lipinski definition) is 5. The van der Waals surface area contributed by atoms with E-state index in [0.29, 0.717) is 29.8 Å². The fraction of sp³-hybridized carbons (Fsp3) is 0.267. The number of amides is 1. The van der Waals surface area contributed by atoms with Crippen molar-refractivity contribution in [2.24, 2.45) is 12.8 Å². The number of alkyl halides is 3. The van der Waals surface area contributed by atoms with Crippen molar-refractivity contribution in [1.29, 1.82) is 0 Å². The van der Waals surface area contributed by atoms with E-state index in [-0.39, 0.29) is 11.6 Å². The fourth-order valence-corrected chi connectivity index (χ4v) is 3.04. The lowest BCUT2D eigenvalue weighted by Crippen LogP contribution is -2.16. The molecular weight excluding hydrogens is 351 g/mol. The number of primary amides is 1. The molecule has 0 saturated heterocycles. The van der Waals surface area contributed by atoms with E-state index in [1.807, 2.05) is 0 Å². The molecule has 0 spiro atoms. The first-order valence-electron chi connectivity index (χ1n) is 7.61. The number of fused-ring (bicyclic) bond motifs is 3. The molecule has 134 valence electrons. The van der Waals surface area contributed by atoms with Gasteiger partial charge in [0.1, 0.15) is 0 Å². The van der Waals surface area contributed by atoms with Gasteiger partial charge in [0.25, 0.3) is 11.9 Å². The molecule has 0 aliphatic heterocycles. The van der Waals surface area contributed by atoms with Gasteiger partial charge in [-0.15, -0.1) is 0 Å². The third-order valence-electron chi connectivity index (χ3n) is 4.18. The van der Waals surface area contributed by atoms with Crippen molar-refractivity contribution in [1.82, 2.24) is 29.5 Å². The molecule has 4 rings (SSSR count). The van der Waals surface area contributed by atoms with Crippen LogP contribution in [0.25, 0.3) is 17.3 Å². The molecular formula is C15H12F3N7O. The largest absolute Gasteiger partial charge is 0.435 e. The Balaban J connectivity index is 1.84. The Morgan fingerprint density at radius 3 is 2.69 bits per heavy atom. The number of halogens is 3. The molecule has 0 fully saturated rings. The Morgan fingerprint density at radius 1 is 1.27 bits per heavy atom. The number of hydrogen-bond donors (Lipinski definition) is 1. The van der Waals surface area contributed by atoms with E-state index in [9.17, 15) is 18.0 Å². The molecule has 3 heterocycles. The van der Waals surface area contributed by atoms with Gasteiger partial charge in [-0.3, -0.25) is 9.48 Å². The van der Waals surface area contributed by atoms with Crippen LogP contribution in [0.4, 0.5) is 13.2 Å². The second kappa shape index (κ2) is 5.38. The summed E-state index contributed by atoms with van der Waals surface area (Å²) in [5, 5.41) is 7.62. The maximum Gasteiger partial charge on any atom is 0.435 e. The number of aromatic nitrogens is 6. The van der Waals surface area contributed by atoms with Crippen LogP contribution >= 0.6 is 0 Å². The highest BCUT2D eigenvalue weighted by molar-refractivity contribution is 5.94. The maximum atomic E-state index is 12.7. The molecule has 1 aliphatic carbocycles. The first-order valence-corrected chi connectivity index (χ1v) is 7.61. The number of carbonyl (C=O) groups is 1. The molecule has 0 bridgehead atoms. The lowest BCUT2D eigenvalue weighted by Gasteiger charge is -2.17. The Bertz CT molecular complexity index is 1030. The Hall–Kier alpha value is -3.24. The van der Waals surface area contributed by atoms with Crippen molar-refractivity contribution in [3.8, 4) is 17.3 Å². The summed E-state index contributed by atoms with van der Waals surface area (Å²) in [5.74, 6) is -0.643. The summed E-state index contributed by atoms with van der Waals surface area (Å²) in [6, 6.07) is 0.851. The molecule has 0 radical (unpaired) electrons. The highest BCUT2D eigenvalue weighted by atomic mass is 19.4. The lowest BCUT2D eigenvalue weighted by atomic mass is 9.93. The Kier molecular flexibility index (Phi) is 3.36. The van der Waals surface area contributed by atoms with E-state index in [4.69, 9.17) is 5.73 Å². The average Bonchev–Trinajstić information content (AvgIpc) is 3.19. The summed E-state index contributed by atoms with van der Waals surface area (Å²) in [6.45, 7) is 0. The predicted octanol–water partition coefficient (Wildman–Crippen LogP) is 1.28. The van der Waals surface area contributed by atoms with Crippen molar-refractivity contribution in [2.45, 2.75) is 19.0 Å². The predicted molar refractivity (Wildman–Crippen MR) is 82.3 cm³/mol. The van der Waals surface area contributed by atoms with Crippen LogP contribution in [-0.4, -0.2) is 35.4 Å². The van der Waals surface area contributed by atoms with Crippen LogP contribution in [0.15, 0.2) is 18.5 Å². The van der Waals surface area contributed by atoms with Gasteiger partial charge in [-0.05, 0) is 24.5 Å². The number of nitrogens with zero attached hydrogens (tertiary/aromatic N) is 6. The van der Waals surface area contributed by atoms with Gasteiger partial charge < -0.3 is 5.73 Å². The van der Waals surface area contributed by atoms with Crippen LogP contribution in [-0.2, 0) is 26.1 Å².